The molecule has 1 aromatic heterocycles. The summed E-state index contributed by atoms with van der Waals surface area (Å²) in [4.78, 5) is 6.85. The molecule has 2 rings (SSSR count). The first kappa shape index (κ1) is 16.9. The Balaban J connectivity index is 1.65. The van der Waals surface area contributed by atoms with E-state index in [2.05, 4.69) is 34.4 Å². The van der Waals surface area contributed by atoms with Gasteiger partial charge in [-0.1, -0.05) is 6.92 Å². The topological polar surface area (TPSA) is 52.8 Å². The minimum atomic E-state index is 0.538. The largest absolute Gasteiger partial charge is 0.469 e. The van der Waals surface area contributed by atoms with Crippen LogP contribution >= 0.6 is 0 Å². The summed E-state index contributed by atoms with van der Waals surface area (Å²) in [5, 5.41) is 6.76. The predicted molar refractivity (Wildman–Crippen MR) is 91.2 cm³/mol. The van der Waals surface area contributed by atoms with Crippen LogP contribution in [0.1, 0.15) is 32.4 Å². The SMILES string of the molecule is CN=C(NCCc1ccco1)NCC(C)N1CCC(C)CC1. The number of nitrogens with one attached hydrogen (secondary N) is 2. The zero-order chi connectivity index (χ0) is 15.8. The van der Waals surface area contributed by atoms with Crippen molar-refractivity contribution in [2.75, 3.05) is 33.2 Å². The number of nitrogens with zero attached hydrogens (tertiary/aromatic N) is 2. The van der Waals surface area contributed by atoms with E-state index in [-0.39, 0.29) is 0 Å². The van der Waals surface area contributed by atoms with E-state index in [9.17, 15) is 0 Å². The highest BCUT2D eigenvalue weighted by Crippen LogP contribution is 2.17. The second-order valence-electron chi connectivity index (χ2n) is 6.28. The normalized spacial score (nSPS) is 19.1. The summed E-state index contributed by atoms with van der Waals surface area (Å²) in [5.74, 6) is 2.75. The van der Waals surface area contributed by atoms with Crippen molar-refractivity contribution < 1.29 is 4.42 Å². The predicted octanol–water partition coefficient (Wildman–Crippen LogP) is 2.11. The van der Waals surface area contributed by atoms with Crippen molar-refractivity contribution in [1.82, 2.24) is 15.5 Å². The average molecular weight is 306 g/mol. The summed E-state index contributed by atoms with van der Waals surface area (Å²) in [7, 11) is 1.81. The minimum absolute atomic E-state index is 0.538. The van der Waals surface area contributed by atoms with E-state index in [4.69, 9.17) is 4.42 Å². The number of likely N-dealkylation sites (tertiary alicyclic amines) is 1. The van der Waals surface area contributed by atoms with Gasteiger partial charge in [0.1, 0.15) is 5.76 Å². The lowest BCUT2D eigenvalue weighted by Crippen LogP contribution is -2.48. The molecule has 1 aliphatic rings. The van der Waals surface area contributed by atoms with Crippen molar-refractivity contribution >= 4 is 5.96 Å². The summed E-state index contributed by atoms with van der Waals surface area (Å²) >= 11 is 0. The van der Waals surface area contributed by atoms with E-state index < -0.39 is 0 Å². The fourth-order valence-corrected chi connectivity index (χ4v) is 2.82. The molecule has 0 spiro atoms. The van der Waals surface area contributed by atoms with Crippen LogP contribution in [0.2, 0.25) is 0 Å². The summed E-state index contributed by atoms with van der Waals surface area (Å²) in [5.41, 5.74) is 0. The molecule has 2 heterocycles. The van der Waals surface area contributed by atoms with E-state index in [0.29, 0.717) is 6.04 Å². The van der Waals surface area contributed by atoms with Crippen LogP contribution in [-0.2, 0) is 6.42 Å². The molecule has 0 radical (unpaired) electrons. The van der Waals surface area contributed by atoms with Gasteiger partial charge in [-0.3, -0.25) is 9.89 Å². The Morgan fingerprint density at radius 3 is 2.82 bits per heavy atom. The third-order valence-electron chi connectivity index (χ3n) is 4.47. The number of hydrogen-bond donors (Lipinski definition) is 2. The van der Waals surface area contributed by atoms with Crippen LogP contribution < -0.4 is 10.6 Å². The molecule has 0 bridgehead atoms. The van der Waals surface area contributed by atoms with Gasteiger partial charge in [-0.2, -0.15) is 0 Å². The molecular weight excluding hydrogens is 276 g/mol. The van der Waals surface area contributed by atoms with Gasteiger partial charge in [0, 0.05) is 32.6 Å². The van der Waals surface area contributed by atoms with Gasteiger partial charge in [0.25, 0.3) is 0 Å². The first-order chi connectivity index (χ1) is 10.7. The van der Waals surface area contributed by atoms with Crippen LogP contribution in [0.15, 0.2) is 27.8 Å². The average Bonchev–Trinajstić information content (AvgIpc) is 3.04. The Hall–Kier alpha value is -1.49. The minimum Gasteiger partial charge on any atom is -0.469 e. The Kier molecular flexibility index (Phi) is 6.77. The zero-order valence-electron chi connectivity index (χ0n) is 14.1. The standard InChI is InChI=1S/C17H30N4O/c1-14-7-10-21(11-8-14)15(2)13-20-17(18-3)19-9-6-16-5-4-12-22-16/h4-5,12,14-15H,6-11,13H2,1-3H3,(H2,18,19,20). The molecule has 22 heavy (non-hydrogen) atoms. The van der Waals surface area contributed by atoms with Crippen LogP contribution in [-0.4, -0.2) is 50.1 Å². The molecule has 124 valence electrons. The van der Waals surface area contributed by atoms with Crippen molar-refractivity contribution in [1.29, 1.82) is 0 Å². The Bertz CT molecular complexity index is 436. The lowest BCUT2D eigenvalue weighted by molar-refractivity contribution is 0.147. The van der Waals surface area contributed by atoms with E-state index >= 15 is 0 Å². The van der Waals surface area contributed by atoms with Crippen molar-refractivity contribution in [2.45, 2.75) is 39.2 Å². The zero-order valence-corrected chi connectivity index (χ0v) is 14.1. The summed E-state index contributed by atoms with van der Waals surface area (Å²) in [6.07, 6.45) is 5.22. The Morgan fingerprint density at radius 1 is 1.41 bits per heavy atom. The van der Waals surface area contributed by atoms with Crippen LogP contribution in [0, 0.1) is 5.92 Å². The maximum absolute atomic E-state index is 5.33. The highest BCUT2D eigenvalue weighted by molar-refractivity contribution is 5.79. The van der Waals surface area contributed by atoms with Crippen molar-refractivity contribution in [3.63, 3.8) is 0 Å². The summed E-state index contributed by atoms with van der Waals surface area (Å²) < 4.78 is 5.33. The maximum atomic E-state index is 5.33. The lowest BCUT2D eigenvalue weighted by atomic mass is 9.98. The number of furan rings is 1. The molecule has 0 saturated carbocycles. The van der Waals surface area contributed by atoms with Gasteiger partial charge in [-0.15, -0.1) is 0 Å². The van der Waals surface area contributed by atoms with Gasteiger partial charge in [0.2, 0.25) is 0 Å². The molecule has 1 unspecified atom stereocenters. The molecule has 5 heteroatoms. The molecule has 1 atom stereocenters. The fraction of sp³-hybridized carbons (Fsp3) is 0.706. The third kappa shape index (κ3) is 5.37. The van der Waals surface area contributed by atoms with E-state index in [1.807, 2.05) is 19.2 Å². The van der Waals surface area contributed by atoms with Gasteiger partial charge in [-0.05, 0) is 50.9 Å². The molecule has 5 nitrogen and oxygen atoms in total. The number of guanidine groups is 1. The Morgan fingerprint density at radius 2 is 2.18 bits per heavy atom. The number of rotatable bonds is 6. The molecule has 1 aliphatic heterocycles. The highest BCUT2D eigenvalue weighted by atomic mass is 16.3. The monoisotopic (exact) mass is 306 g/mol. The summed E-state index contributed by atoms with van der Waals surface area (Å²) in [6.45, 7) is 8.82. The third-order valence-corrected chi connectivity index (χ3v) is 4.47. The molecule has 1 saturated heterocycles. The quantitative estimate of drug-likeness (QED) is 0.624. The second-order valence-corrected chi connectivity index (χ2v) is 6.28. The van der Waals surface area contributed by atoms with Crippen LogP contribution in [0.5, 0.6) is 0 Å². The number of aliphatic imine (C=N–C) groups is 1. The van der Waals surface area contributed by atoms with Crippen molar-refractivity contribution in [2.24, 2.45) is 10.9 Å². The van der Waals surface area contributed by atoms with Crippen LogP contribution in [0.25, 0.3) is 0 Å². The van der Waals surface area contributed by atoms with E-state index in [0.717, 1.165) is 37.1 Å². The second kappa shape index (κ2) is 8.83. The van der Waals surface area contributed by atoms with E-state index in [1.165, 1.54) is 25.9 Å². The molecule has 1 aromatic rings. The molecular formula is C17H30N4O. The van der Waals surface area contributed by atoms with Crippen LogP contribution in [0.4, 0.5) is 0 Å². The molecule has 0 aliphatic carbocycles. The van der Waals surface area contributed by atoms with E-state index in [1.54, 1.807) is 6.26 Å². The van der Waals surface area contributed by atoms with Gasteiger partial charge in [0.05, 0.1) is 6.26 Å². The number of piperidine rings is 1. The van der Waals surface area contributed by atoms with Crippen molar-refractivity contribution in [3.05, 3.63) is 24.2 Å². The van der Waals surface area contributed by atoms with Crippen molar-refractivity contribution in [3.8, 4) is 0 Å². The smallest absolute Gasteiger partial charge is 0.191 e. The summed E-state index contributed by atoms with van der Waals surface area (Å²) in [6, 6.07) is 4.46. The molecule has 0 aromatic carbocycles. The molecule has 1 fully saturated rings. The first-order valence-electron chi connectivity index (χ1n) is 8.40. The van der Waals surface area contributed by atoms with Crippen LogP contribution in [0.3, 0.4) is 0 Å². The molecule has 2 N–H and O–H groups in total. The first-order valence-corrected chi connectivity index (χ1v) is 8.40. The number of hydrogen-bond acceptors (Lipinski definition) is 3. The van der Waals surface area contributed by atoms with Gasteiger partial charge in [-0.25, -0.2) is 0 Å². The lowest BCUT2D eigenvalue weighted by Gasteiger charge is -2.35. The fourth-order valence-electron chi connectivity index (χ4n) is 2.82. The van der Waals surface area contributed by atoms with Gasteiger partial charge >= 0.3 is 0 Å². The maximum Gasteiger partial charge on any atom is 0.191 e. The van der Waals surface area contributed by atoms with Gasteiger partial charge in [0.15, 0.2) is 5.96 Å². The molecule has 0 amide bonds. The van der Waals surface area contributed by atoms with Gasteiger partial charge < -0.3 is 15.1 Å². The highest BCUT2D eigenvalue weighted by Gasteiger charge is 2.20. The Labute approximate surface area is 134 Å².